The Hall–Kier alpha value is -0.660. The molecule has 1 aliphatic rings. The van der Waals surface area contributed by atoms with Crippen molar-refractivity contribution in [1.82, 2.24) is 9.80 Å². The summed E-state index contributed by atoms with van der Waals surface area (Å²) >= 11 is 0. The van der Waals surface area contributed by atoms with E-state index in [4.69, 9.17) is 0 Å². The van der Waals surface area contributed by atoms with Gasteiger partial charge in [0.15, 0.2) is 0 Å². The zero-order valence-electron chi connectivity index (χ0n) is 23.3. The Bertz CT molecular complexity index is 419. The van der Waals surface area contributed by atoms with Crippen LogP contribution in [0, 0.1) is 0 Å². The van der Waals surface area contributed by atoms with Crippen LogP contribution >= 0.6 is 0 Å². The third kappa shape index (κ3) is 16.6. The summed E-state index contributed by atoms with van der Waals surface area (Å²) in [5.41, 5.74) is 0. The van der Waals surface area contributed by atoms with Gasteiger partial charge in [0.05, 0.1) is 0 Å². The molecule has 0 amide bonds. The van der Waals surface area contributed by atoms with Gasteiger partial charge >= 0.3 is 0 Å². The fourth-order valence-electron chi connectivity index (χ4n) is 5.30. The van der Waals surface area contributed by atoms with E-state index in [0.717, 1.165) is 0 Å². The molecule has 0 fully saturated rings. The van der Waals surface area contributed by atoms with Crippen LogP contribution in [-0.4, -0.2) is 29.1 Å². The average Bonchev–Trinajstić information content (AvgIpc) is 3.21. The Morgan fingerprint density at radius 3 is 1.12 bits per heavy atom. The first kappa shape index (κ1) is 30.4. The van der Waals surface area contributed by atoms with E-state index in [0.29, 0.717) is 6.17 Å². The minimum Gasteiger partial charge on any atom is -0.356 e. The molecule has 1 atom stereocenters. The van der Waals surface area contributed by atoms with Crippen molar-refractivity contribution in [1.29, 1.82) is 0 Å². The van der Waals surface area contributed by atoms with Crippen molar-refractivity contribution in [2.24, 2.45) is 0 Å². The molecule has 0 aliphatic carbocycles. The van der Waals surface area contributed by atoms with E-state index in [1.807, 2.05) is 0 Å². The first-order chi connectivity index (χ1) is 16.3. The number of hydrogen-bond acceptors (Lipinski definition) is 2. The molecule has 0 saturated heterocycles. The molecular formula is C31H62N2. The second-order valence-electron chi connectivity index (χ2n) is 10.8. The first-order valence-electron chi connectivity index (χ1n) is 15.5. The van der Waals surface area contributed by atoms with Crippen molar-refractivity contribution >= 4 is 0 Å². The van der Waals surface area contributed by atoms with E-state index < -0.39 is 0 Å². The van der Waals surface area contributed by atoms with Gasteiger partial charge in [-0.3, -0.25) is 0 Å². The van der Waals surface area contributed by atoms with Crippen molar-refractivity contribution in [3.05, 3.63) is 12.4 Å². The molecule has 0 spiro atoms. The fourth-order valence-corrected chi connectivity index (χ4v) is 5.30. The van der Waals surface area contributed by atoms with Gasteiger partial charge in [-0.05, 0) is 25.7 Å². The maximum absolute atomic E-state index is 2.67. The van der Waals surface area contributed by atoms with Crippen molar-refractivity contribution in [2.45, 2.75) is 175 Å². The summed E-state index contributed by atoms with van der Waals surface area (Å²) in [6.45, 7) is 9.44. The Kier molecular flexibility index (Phi) is 21.3. The van der Waals surface area contributed by atoms with Crippen LogP contribution < -0.4 is 0 Å². The lowest BCUT2D eigenvalue weighted by molar-refractivity contribution is 0.135. The Morgan fingerprint density at radius 2 is 0.697 bits per heavy atom. The van der Waals surface area contributed by atoms with Gasteiger partial charge in [-0.1, -0.05) is 143 Å². The van der Waals surface area contributed by atoms with Gasteiger partial charge in [0.1, 0.15) is 6.17 Å². The zero-order chi connectivity index (χ0) is 23.8. The smallest absolute Gasteiger partial charge is 0.101 e. The lowest BCUT2D eigenvalue weighted by Gasteiger charge is -2.33. The van der Waals surface area contributed by atoms with Crippen LogP contribution in [0.5, 0.6) is 0 Å². The maximum atomic E-state index is 2.67. The van der Waals surface area contributed by atoms with E-state index in [-0.39, 0.29) is 0 Å². The van der Waals surface area contributed by atoms with Gasteiger partial charge < -0.3 is 9.80 Å². The predicted octanol–water partition coefficient (Wildman–Crippen LogP) is 10.4. The number of hydrogen-bond donors (Lipinski definition) is 0. The van der Waals surface area contributed by atoms with E-state index in [1.54, 1.807) is 0 Å². The summed E-state index contributed by atoms with van der Waals surface area (Å²) in [5, 5.41) is 0. The van der Waals surface area contributed by atoms with Crippen LogP contribution in [0.25, 0.3) is 0 Å². The molecule has 1 unspecified atom stereocenters. The van der Waals surface area contributed by atoms with Crippen LogP contribution in [0.3, 0.4) is 0 Å². The van der Waals surface area contributed by atoms with Crippen LogP contribution in [0.15, 0.2) is 12.4 Å². The first-order valence-corrected chi connectivity index (χ1v) is 15.5. The number of rotatable bonds is 25. The van der Waals surface area contributed by atoms with Crippen LogP contribution in [0.1, 0.15) is 168 Å². The predicted molar refractivity (Wildman–Crippen MR) is 150 cm³/mol. The summed E-state index contributed by atoms with van der Waals surface area (Å²) in [6.07, 6.45) is 38.1. The molecule has 0 radical (unpaired) electrons. The van der Waals surface area contributed by atoms with Crippen LogP contribution in [0.2, 0.25) is 0 Å². The largest absolute Gasteiger partial charge is 0.356 e. The normalized spacial score (nSPS) is 15.8. The second kappa shape index (κ2) is 23.1. The van der Waals surface area contributed by atoms with Gasteiger partial charge in [-0.25, -0.2) is 0 Å². The molecule has 1 rings (SSSR count). The lowest BCUT2D eigenvalue weighted by atomic mass is 10.0. The molecule has 196 valence electrons. The standard InChI is InChI=1S/C31H62N2/c1-4-7-10-12-14-15-16-17-18-19-20-21-23-26-31-32(27-24-9-6-3)29-30-33(31)28-25-22-13-11-8-5-2/h29-31H,4-28H2,1-3H3. The molecule has 33 heavy (non-hydrogen) atoms. The topological polar surface area (TPSA) is 6.48 Å². The molecule has 1 heterocycles. The molecule has 0 bridgehead atoms. The molecule has 2 heteroatoms. The Morgan fingerprint density at radius 1 is 0.394 bits per heavy atom. The van der Waals surface area contributed by atoms with E-state index in [9.17, 15) is 0 Å². The van der Waals surface area contributed by atoms with Crippen molar-refractivity contribution in [3.63, 3.8) is 0 Å². The molecule has 0 aromatic rings. The van der Waals surface area contributed by atoms with Gasteiger partial charge in [0.25, 0.3) is 0 Å². The third-order valence-corrected chi connectivity index (χ3v) is 7.57. The SMILES string of the molecule is CCCCCCCCCCCCCCCC1N(CCCCC)C=CN1CCCCCCCC. The van der Waals surface area contributed by atoms with Gasteiger partial charge in [-0.2, -0.15) is 0 Å². The number of nitrogens with zero attached hydrogens (tertiary/aromatic N) is 2. The Balaban J connectivity index is 2.13. The van der Waals surface area contributed by atoms with Crippen molar-refractivity contribution in [3.8, 4) is 0 Å². The lowest BCUT2D eigenvalue weighted by Crippen LogP contribution is -2.39. The molecule has 0 N–H and O–H groups in total. The monoisotopic (exact) mass is 462 g/mol. The molecule has 1 aliphatic heterocycles. The molecule has 0 aromatic carbocycles. The highest BCUT2D eigenvalue weighted by Gasteiger charge is 2.24. The number of unbranched alkanes of at least 4 members (excludes halogenated alkanes) is 19. The molecule has 0 saturated carbocycles. The maximum Gasteiger partial charge on any atom is 0.101 e. The summed E-state index contributed by atoms with van der Waals surface area (Å²) in [5.74, 6) is 0. The average molecular weight is 463 g/mol. The van der Waals surface area contributed by atoms with Crippen molar-refractivity contribution in [2.75, 3.05) is 13.1 Å². The molecule has 0 aromatic heterocycles. The summed E-state index contributed by atoms with van der Waals surface area (Å²) in [7, 11) is 0. The van der Waals surface area contributed by atoms with Crippen LogP contribution in [0.4, 0.5) is 0 Å². The minimum absolute atomic E-state index is 0.644. The summed E-state index contributed by atoms with van der Waals surface area (Å²) in [4.78, 5) is 5.33. The molecule has 2 nitrogen and oxygen atoms in total. The fraction of sp³-hybridized carbons (Fsp3) is 0.935. The minimum atomic E-state index is 0.644. The van der Waals surface area contributed by atoms with Crippen LogP contribution in [-0.2, 0) is 0 Å². The van der Waals surface area contributed by atoms with Gasteiger partial charge in [0.2, 0.25) is 0 Å². The highest BCUT2D eigenvalue weighted by atomic mass is 15.4. The quantitative estimate of drug-likeness (QED) is 0.124. The highest BCUT2D eigenvalue weighted by molar-refractivity contribution is 4.96. The van der Waals surface area contributed by atoms with E-state index in [1.165, 1.54) is 161 Å². The summed E-state index contributed by atoms with van der Waals surface area (Å²) in [6, 6.07) is 0. The summed E-state index contributed by atoms with van der Waals surface area (Å²) < 4.78 is 0. The van der Waals surface area contributed by atoms with Crippen molar-refractivity contribution < 1.29 is 0 Å². The van der Waals surface area contributed by atoms with E-state index >= 15 is 0 Å². The van der Waals surface area contributed by atoms with Gasteiger partial charge in [0, 0.05) is 25.5 Å². The Labute approximate surface area is 210 Å². The van der Waals surface area contributed by atoms with Gasteiger partial charge in [-0.15, -0.1) is 0 Å². The zero-order valence-corrected chi connectivity index (χ0v) is 23.3. The van der Waals surface area contributed by atoms with E-state index in [2.05, 4.69) is 43.0 Å². The third-order valence-electron chi connectivity index (χ3n) is 7.57. The molecular weight excluding hydrogens is 400 g/mol. The highest BCUT2D eigenvalue weighted by Crippen LogP contribution is 2.23. The second-order valence-corrected chi connectivity index (χ2v) is 10.8.